The maximum Gasteiger partial charge on any atom is 0.357 e. The van der Waals surface area contributed by atoms with Gasteiger partial charge in [0.1, 0.15) is 23.6 Å². The molecule has 0 fully saturated rings. The molecule has 6 heteroatoms. The molecular weight excluding hydrogens is 298 g/mol. The number of carbonyl (C=O) groups excluding carboxylic acids is 1. The molecule has 116 valence electrons. The number of hydrogen-bond acceptors (Lipinski definition) is 6. The first-order chi connectivity index (χ1) is 11.1. The number of rotatable bonds is 3. The van der Waals surface area contributed by atoms with Crippen LogP contribution in [0.5, 0.6) is 5.75 Å². The highest BCUT2D eigenvalue weighted by atomic mass is 16.5. The number of hydrogen-bond donors (Lipinski definition) is 1. The number of aromatic hydroxyl groups is 1. The summed E-state index contributed by atoms with van der Waals surface area (Å²) in [6.45, 7) is 1.55. The normalized spacial score (nSPS) is 10.7. The number of esters is 1. The van der Waals surface area contributed by atoms with Gasteiger partial charge < -0.3 is 14.3 Å². The summed E-state index contributed by atoms with van der Waals surface area (Å²) < 4.78 is 10.3. The molecule has 0 radical (unpaired) electrons. The van der Waals surface area contributed by atoms with Crippen LogP contribution in [0.2, 0.25) is 0 Å². The molecule has 0 aliphatic carbocycles. The van der Waals surface area contributed by atoms with Crippen molar-refractivity contribution in [2.75, 3.05) is 0 Å². The zero-order chi connectivity index (χ0) is 16.4. The maximum atomic E-state index is 11.9. The topological polar surface area (TPSA) is 89.6 Å². The van der Waals surface area contributed by atoms with Crippen molar-refractivity contribution in [1.29, 1.82) is 0 Å². The highest BCUT2D eigenvalue weighted by Crippen LogP contribution is 2.27. The molecule has 0 bridgehead atoms. The average molecular weight is 311 g/mol. The lowest BCUT2D eigenvalue weighted by Gasteiger charge is -2.09. The summed E-state index contributed by atoms with van der Waals surface area (Å²) in [5, 5.41) is 10.3. The van der Waals surface area contributed by atoms with Gasteiger partial charge in [0.05, 0.1) is 0 Å². The Labute approximate surface area is 131 Å². The van der Waals surface area contributed by atoms with Crippen LogP contribution in [0, 0.1) is 6.92 Å². The van der Waals surface area contributed by atoms with Gasteiger partial charge in [-0.3, -0.25) is 0 Å². The monoisotopic (exact) mass is 311 g/mol. The second kappa shape index (κ2) is 5.92. The predicted octanol–water partition coefficient (Wildman–Crippen LogP) is 2.56. The van der Waals surface area contributed by atoms with Crippen molar-refractivity contribution in [3.8, 4) is 5.75 Å². The minimum absolute atomic E-state index is 0.0308. The van der Waals surface area contributed by atoms with E-state index in [1.807, 2.05) is 0 Å². The highest BCUT2D eigenvalue weighted by Gasteiger charge is 2.13. The number of aromatic nitrogens is 1. The van der Waals surface area contributed by atoms with E-state index >= 15 is 0 Å². The molecule has 3 rings (SSSR count). The highest BCUT2D eigenvalue weighted by molar-refractivity contribution is 5.88. The van der Waals surface area contributed by atoms with Crippen molar-refractivity contribution in [2.24, 2.45) is 0 Å². The summed E-state index contributed by atoms with van der Waals surface area (Å²) in [5.74, 6) is -0.550. The third kappa shape index (κ3) is 2.91. The van der Waals surface area contributed by atoms with Gasteiger partial charge in [-0.2, -0.15) is 0 Å². The summed E-state index contributed by atoms with van der Waals surface area (Å²) in [5.41, 5.74) is 0.853. The van der Waals surface area contributed by atoms with Gasteiger partial charge in [0.25, 0.3) is 0 Å². The van der Waals surface area contributed by atoms with E-state index in [1.54, 1.807) is 31.2 Å². The number of aryl methyl sites for hydroxylation is 1. The van der Waals surface area contributed by atoms with Crippen LogP contribution in [0.1, 0.15) is 21.6 Å². The smallest absolute Gasteiger partial charge is 0.357 e. The Morgan fingerprint density at radius 2 is 2.13 bits per heavy atom. The number of carbonyl (C=O) groups is 1. The zero-order valence-electron chi connectivity index (χ0n) is 12.3. The molecule has 0 atom stereocenters. The first kappa shape index (κ1) is 14.8. The lowest BCUT2D eigenvalue weighted by Crippen LogP contribution is -2.09. The number of benzene rings is 1. The van der Waals surface area contributed by atoms with E-state index in [0.717, 1.165) is 0 Å². The van der Waals surface area contributed by atoms with Crippen molar-refractivity contribution in [2.45, 2.75) is 13.5 Å². The Kier molecular flexibility index (Phi) is 3.80. The van der Waals surface area contributed by atoms with Crippen LogP contribution in [-0.4, -0.2) is 16.1 Å². The van der Waals surface area contributed by atoms with Crippen LogP contribution in [0.25, 0.3) is 11.0 Å². The van der Waals surface area contributed by atoms with Gasteiger partial charge in [0.15, 0.2) is 0 Å². The Morgan fingerprint density at radius 3 is 2.87 bits per heavy atom. The van der Waals surface area contributed by atoms with E-state index in [0.29, 0.717) is 16.5 Å². The lowest BCUT2D eigenvalue weighted by atomic mass is 10.1. The van der Waals surface area contributed by atoms with Crippen LogP contribution in [0.4, 0.5) is 0 Å². The molecule has 0 spiro atoms. The van der Waals surface area contributed by atoms with Crippen LogP contribution >= 0.6 is 0 Å². The largest absolute Gasteiger partial charge is 0.508 e. The molecule has 2 heterocycles. The number of phenols is 1. The molecule has 6 nitrogen and oxygen atoms in total. The number of phenolic OH excluding ortho intramolecular Hbond substituents is 1. The van der Waals surface area contributed by atoms with E-state index < -0.39 is 11.6 Å². The molecular formula is C17H13NO5. The van der Waals surface area contributed by atoms with Crippen molar-refractivity contribution in [3.05, 3.63) is 69.8 Å². The molecule has 1 aromatic carbocycles. The minimum Gasteiger partial charge on any atom is -0.508 e. The third-order valence-electron chi connectivity index (χ3n) is 3.45. The van der Waals surface area contributed by atoms with E-state index in [-0.39, 0.29) is 23.6 Å². The first-order valence-electron chi connectivity index (χ1n) is 6.89. The SMILES string of the molecule is Cc1c(O)ccc2c(COC(=O)c3ccccn3)cc(=O)oc12. The molecule has 2 aromatic heterocycles. The van der Waals surface area contributed by atoms with E-state index in [9.17, 15) is 14.7 Å². The average Bonchev–Trinajstić information content (AvgIpc) is 2.57. The van der Waals surface area contributed by atoms with E-state index in [2.05, 4.69) is 4.98 Å². The lowest BCUT2D eigenvalue weighted by molar-refractivity contribution is 0.0467. The van der Waals surface area contributed by atoms with E-state index in [4.69, 9.17) is 9.15 Å². The second-order valence-corrected chi connectivity index (χ2v) is 4.97. The van der Waals surface area contributed by atoms with Crippen LogP contribution in [0.3, 0.4) is 0 Å². The summed E-state index contributed by atoms with van der Waals surface area (Å²) >= 11 is 0. The summed E-state index contributed by atoms with van der Waals surface area (Å²) in [4.78, 5) is 27.5. The fourth-order valence-electron chi connectivity index (χ4n) is 2.24. The number of ether oxygens (including phenoxy) is 1. The van der Waals surface area contributed by atoms with Gasteiger partial charge in [-0.15, -0.1) is 0 Å². The van der Waals surface area contributed by atoms with Crippen LogP contribution < -0.4 is 5.63 Å². The third-order valence-corrected chi connectivity index (χ3v) is 3.45. The van der Waals surface area contributed by atoms with Crippen LogP contribution in [-0.2, 0) is 11.3 Å². The van der Waals surface area contributed by atoms with Crippen LogP contribution in [0.15, 0.2) is 51.8 Å². The van der Waals surface area contributed by atoms with Crippen molar-refractivity contribution < 1.29 is 19.1 Å². The first-order valence-corrected chi connectivity index (χ1v) is 6.89. The molecule has 0 saturated carbocycles. The Balaban J connectivity index is 1.93. The number of pyridine rings is 1. The number of nitrogens with zero attached hydrogens (tertiary/aromatic N) is 1. The molecule has 1 N–H and O–H groups in total. The summed E-state index contributed by atoms with van der Waals surface area (Å²) in [6, 6.07) is 9.31. The fraction of sp³-hybridized carbons (Fsp3) is 0.118. The van der Waals surface area contributed by atoms with E-state index in [1.165, 1.54) is 18.3 Å². The van der Waals surface area contributed by atoms with Gasteiger partial charge in [0.2, 0.25) is 0 Å². The summed E-state index contributed by atoms with van der Waals surface area (Å²) in [6.07, 6.45) is 1.50. The Morgan fingerprint density at radius 1 is 1.30 bits per heavy atom. The van der Waals surface area contributed by atoms with Gasteiger partial charge in [-0.25, -0.2) is 14.6 Å². The maximum absolute atomic E-state index is 11.9. The Bertz CT molecular complexity index is 931. The van der Waals surface area contributed by atoms with Gasteiger partial charge in [-0.1, -0.05) is 6.07 Å². The molecule has 0 aliphatic heterocycles. The molecule has 23 heavy (non-hydrogen) atoms. The molecule has 0 aliphatic rings. The van der Waals surface area contributed by atoms with Crippen molar-refractivity contribution >= 4 is 16.9 Å². The Hall–Kier alpha value is -3.15. The standard InChI is InChI=1S/C17H13NO5/c1-10-14(19)6-5-12-11(8-15(20)23-16(10)12)9-22-17(21)13-4-2-3-7-18-13/h2-8,19H,9H2,1H3. The quantitative estimate of drug-likeness (QED) is 0.590. The molecule has 3 aromatic rings. The molecule has 0 saturated heterocycles. The molecule has 0 amide bonds. The van der Waals surface area contributed by atoms with Crippen molar-refractivity contribution in [1.82, 2.24) is 4.98 Å². The van der Waals surface area contributed by atoms with Gasteiger partial charge in [-0.05, 0) is 31.2 Å². The predicted molar refractivity (Wildman–Crippen MR) is 82.2 cm³/mol. The second-order valence-electron chi connectivity index (χ2n) is 4.97. The number of fused-ring (bicyclic) bond motifs is 1. The van der Waals surface area contributed by atoms with Crippen molar-refractivity contribution in [3.63, 3.8) is 0 Å². The van der Waals surface area contributed by atoms with Gasteiger partial charge in [0, 0.05) is 28.8 Å². The summed E-state index contributed by atoms with van der Waals surface area (Å²) in [7, 11) is 0. The fourth-order valence-corrected chi connectivity index (χ4v) is 2.24. The zero-order valence-corrected chi connectivity index (χ0v) is 12.3. The molecule has 0 unspecified atom stereocenters. The minimum atomic E-state index is -0.581. The van der Waals surface area contributed by atoms with Gasteiger partial charge >= 0.3 is 11.6 Å².